The van der Waals surface area contributed by atoms with Crippen LogP contribution in [0, 0.1) is 17.8 Å². The van der Waals surface area contributed by atoms with E-state index in [4.69, 9.17) is 0 Å². The van der Waals surface area contributed by atoms with Crippen molar-refractivity contribution in [3.63, 3.8) is 0 Å². The molecular formula is C19H34. The summed E-state index contributed by atoms with van der Waals surface area (Å²) < 4.78 is 0. The fourth-order valence-corrected chi connectivity index (χ4v) is 3.88. The van der Waals surface area contributed by atoms with Gasteiger partial charge in [0.1, 0.15) is 0 Å². The van der Waals surface area contributed by atoms with Crippen molar-refractivity contribution in [1.29, 1.82) is 0 Å². The minimum atomic E-state index is 0.953. The lowest BCUT2D eigenvalue weighted by molar-refractivity contribution is 0.486. The molecule has 1 fully saturated rings. The van der Waals surface area contributed by atoms with Gasteiger partial charge in [-0.05, 0) is 49.9 Å². The summed E-state index contributed by atoms with van der Waals surface area (Å²) in [6, 6.07) is 0. The highest BCUT2D eigenvalue weighted by atomic mass is 14.4. The van der Waals surface area contributed by atoms with E-state index in [1.54, 1.807) is 12.0 Å². The molecule has 2 rings (SSSR count). The molecule has 0 aromatic rings. The first-order valence-corrected chi connectivity index (χ1v) is 9.03. The van der Waals surface area contributed by atoms with Crippen LogP contribution in [-0.2, 0) is 0 Å². The summed E-state index contributed by atoms with van der Waals surface area (Å²) in [5.41, 5.74) is 1.73. The number of rotatable bonds is 10. The number of allylic oxidation sites excluding steroid dienone is 2. The zero-order chi connectivity index (χ0) is 13.5. The Hall–Kier alpha value is -0.260. The van der Waals surface area contributed by atoms with Gasteiger partial charge >= 0.3 is 0 Å². The third-order valence-corrected chi connectivity index (χ3v) is 5.36. The summed E-state index contributed by atoms with van der Waals surface area (Å²) in [6.45, 7) is 4.61. The van der Waals surface area contributed by atoms with Crippen LogP contribution in [0.2, 0.25) is 0 Å². The second-order valence-electron chi connectivity index (χ2n) is 7.03. The zero-order valence-corrected chi connectivity index (χ0v) is 13.3. The van der Waals surface area contributed by atoms with E-state index in [9.17, 15) is 0 Å². The number of hydrogen-bond donors (Lipinski definition) is 0. The molecule has 3 atom stereocenters. The van der Waals surface area contributed by atoms with Crippen LogP contribution in [0.1, 0.15) is 90.9 Å². The zero-order valence-electron chi connectivity index (χ0n) is 13.3. The molecule has 0 saturated heterocycles. The Kier molecular flexibility index (Phi) is 6.47. The Morgan fingerprint density at radius 1 is 1.00 bits per heavy atom. The standard InChI is InChI=1S/C19H34/c1-3-5-6-7-8-9-10-18-15-19(18)14-17-12-11-16(4-2)13-17/h13,17-19H,3-12,14-15H2,1-2H3. The van der Waals surface area contributed by atoms with E-state index >= 15 is 0 Å². The SMILES string of the molecule is CCCCCCCCC1CC1CC1C=C(CC)CC1. The van der Waals surface area contributed by atoms with Gasteiger partial charge in [-0.3, -0.25) is 0 Å². The predicted molar refractivity (Wildman–Crippen MR) is 85.3 cm³/mol. The summed E-state index contributed by atoms with van der Waals surface area (Å²) >= 11 is 0. The van der Waals surface area contributed by atoms with Crippen LogP contribution in [0.3, 0.4) is 0 Å². The highest BCUT2D eigenvalue weighted by Crippen LogP contribution is 2.48. The highest BCUT2D eigenvalue weighted by Gasteiger charge is 2.37. The van der Waals surface area contributed by atoms with E-state index in [0.29, 0.717) is 0 Å². The minimum absolute atomic E-state index is 0.953. The molecule has 0 aromatic heterocycles. The van der Waals surface area contributed by atoms with E-state index in [1.807, 2.05) is 0 Å². The van der Waals surface area contributed by atoms with Gasteiger partial charge in [-0.2, -0.15) is 0 Å². The molecule has 1 saturated carbocycles. The van der Waals surface area contributed by atoms with Gasteiger partial charge in [0, 0.05) is 0 Å². The number of hydrogen-bond acceptors (Lipinski definition) is 0. The first-order chi connectivity index (χ1) is 9.33. The molecule has 0 heteroatoms. The van der Waals surface area contributed by atoms with E-state index < -0.39 is 0 Å². The molecule has 0 N–H and O–H groups in total. The van der Waals surface area contributed by atoms with Crippen molar-refractivity contribution in [2.45, 2.75) is 90.9 Å². The first kappa shape index (κ1) is 15.1. The maximum atomic E-state index is 2.61. The van der Waals surface area contributed by atoms with E-state index in [2.05, 4.69) is 19.9 Å². The third kappa shape index (κ3) is 5.32. The summed E-state index contributed by atoms with van der Waals surface area (Å²) in [5, 5.41) is 0. The second kappa shape index (κ2) is 8.12. The molecule has 3 unspecified atom stereocenters. The Balaban J connectivity index is 1.48. The molecule has 0 amide bonds. The minimum Gasteiger partial charge on any atom is -0.0822 e. The largest absolute Gasteiger partial charge is 0.0822 e. The van der Waals surface area contributed by atoms with Crippen LogP contribution in [-0.4, -0.2) is 0 Å². The van der Waals surface area contributed by atoms with Crippen LogP contribution >= 0.6 is 0 Å². The second-order valence-corrected chi connectivity index (χ2v) is 7.03. The summed E-state index contributed by atoms with van der Waals surface area (Å²) in [4.78, 5) is 0. The monoisotopic (exact) mass is 262 g/mol. The van der Waals surface area contributed by atoms with Gasteiger partial charge < -0.3 is 0 Å². The van der Waals surface area contributed by atoms with Crippen molar-refractivity contribution in [2.24, 2.45) is 17.8 Å². The van der Waals surface area contributed by atoms with Crippen LogP contribution in [0.5, 0.6) is 0 Å². The normalized spacial score (nSPS) is 29.6. The van der Waals surface area contributed by atoms with Crippen molar-refractivity contribution < 1.29 is 0 Å². The molecule has 2 aliphatic carbocycles. The smallest absolute Gasteiger partial charge is 0.0225 e. The molecule has 19 heavy (non-hydrogen) atoms. The van der Waals surface area contributed by atoms with Gasteiger partial charge in [0.05, 0.1) is 0 Å². The molecule has 0 heterocycles. The van der Waals surface area contributed by atoms with Crippen molar-refractivity contribution >= 4 is 0 Å². The van der Waals surface area contributed by atoms with Gasteiger partial charge in [0.15, 0.2) is 0 Å². The average Bonchev–Trinajstić information content (AvgIpc) is 2.98. The maximum Gasteiger partial charge on any atom is -0.0225 e. The Labute approximate surface area is 121 Å². The third-order valence-electron chi connectivity index (χ3n) is 5.36. The van der Waals surface area contributed by atoms with Gasteiger partial charge in [-0.1, -0.05) is 70.4 Å². The van der Waals surface area contributed by atoms with Gasteiger partial charge in [0.2, 0.25) is 0 Å². The Morgan fingerprint density at radius 2 is 1.79 bits per heavy atom. The van der Waals surface area contributed by atoms with Crippen LogP contribution < -0.4 is 0 Å². The van der Waals surface area contributed by atoms with Gasteiger partial charge in [0.25, 0.3) is 0 Å². The fraction of sp³-hybridized carbons (Fsp3) is 0.895. The summed E-state index contributed by atoms with van der Waals surface area (Å²) in [5.74, 6) is 3.17. The van der Waals surface area contributed by atoms with Crippen molar-refractivity contribution in [3.8, 4) is 0 Å². The topological polar surface area (TPSA) is 0 Å². The van der Waals surface area contributed by atoms with Crippen molar-refractivity contribution in [3.05, 3.63) is 11.6 Å². The van der Waals surface area contributed by atoms with Crippen LogP contribution in [0.25, 0.3) is 0 Å². The lowest BCUT2D eigenvalue weighted by Gasteiger charge is -2.06. The summed E-state index contributed by atoms with van der Waals surface area (Å²) in [6.07, 6.45) is 20.1. The quantitative estimate of drug-likeness (QED) is 0.311. The summed E-state index contributed by atoms with van der Waals surface area (Å²) in [7, 11) is 0. The van der Waals surface area contributed by atoms with E-state index in [-0.39, 0.29) is 0 Å². The molecule has 110 valence electrons. The molecular weight excluding hydrogens is 228 g/mol. The Morgan fingerprint density at radius 3 is 2.53 bits per heavy atom. The van der Waals surface area contributed by atoms with E-state index in [0.717, 1.165) is 17.8 Å². The number of unbranched alkanes of at least 4 members (excludes halogenated alkanes) is 5. The van der Waals surface area contributed by atoms with Crippen molar-refractivity contribution in [1.82, 2.24) is 0 Å². The highest BCUT2D eigenvalue weighted by molar-refractivity contribution is 5.11. The first-order valence-electron chi connectivity index (χ1n) is 9.03. The van der Waals surface area contributed by atoms with Crippen molar-refractivity contribution in [2.75, 3.05) is 0 Å². The Bertz CT molecular complexity index is 276. The molecule has 0 aromatic carbocycles. The predicted octanol–water partition coefficient (Wildman–Crippen LogP) is 6.51. The van der Waals surface area contributed by atoms with Crippen LogP contribution in [0.4, 0.5) is 0 Å². The molecule has 0 spiro atoms. The molecule has 2 aliphatic rings. The lowest BCUT2D eigenvalue weighted by atomic mass is 9.99. The van der Waals surface area contributed by atoms with Gasteiger partial charge in [-0.15, -0.1) is 0 Å². The fourth-order valence-electron chi connectivity index (χ4n) is 3.88. The molecule has 0 nitrogen and oxygen atoms in total. The lowest BCUT2D eigenvalue weighted by Crippen LogP contribution is -1.95. The molecule has 0 radical (unpaired) electrons. The van der Waals surface area contributed by atoms with E-state index in [1.165, 1.54) is 70.6 Å². The molecule has 0 aliphatic heterocycles. The maximum absolute atomic E-state index is 2.61. The van der Waals surface area contributed by atoms with Gasteiger partial charge in [-0.25, -0.2) is 0 Å². The molecule has 0 bridgehead atoms. The van der Waals surface area contributed by atoms with Crippen LogP contribution in [0.15, 0.2) is 11.6 Å². The average molecular weight is 262 g/mol.